The van der Waals surface area contributed by atoms with Gasteiger partial charge in [-0.3, -0.25) is 0 Å². The van der Waals surface area contributed by atoms with Gasteiger partial charge in [-0.2, -0.15) is 0 Å². The highest BCUT2D eigenvalue weighted by Gasteiger charge is 2.16. The van der Waals surface area contributed by atoms with Crippen LogP contribution in [0.1, 0.15) is 12.1 Å². The standard InChI is InChI=1S/C6H11N5O5S/c7-5(9-12)4-6(11-16-10-4)15-2-1-3-17(8,13)14/h12H,1-3H2,(H2,7,9)(H2,8,13,14). The van der Waals surface area contributed by atoms with Crippen molar-refractivity contribution in [3.8, 4) is 5.88 Å². The fourth-order valence-corrected chi connectivity index (χ4v) is 1.43. The molecule has 5 N–H and O–H groups in total. The summed E-state index contributed by atoms with van der Waals surface area (Å²) in [6.45, 7) is 0.0242. The summed E-state index contributed by atoms with van der Waals surface area (Å²) < 4.78 is 30.6. The van der Waals surface area contributed by atoms with E-state index in [1.54, 1.807) is 0 Å². The Bertz CT molecular complexity index is 495. The number of hydrogen-bond donors (Lipinski definition) is 3. The van der Waals surface area contributed by atoms with E-state index in [2.05, 4.69) is 20.1 Å². The second kappa shape index (κ2) is 5.45. The minimum Gasteiger partial charge on any atom is -0.474 e. The molecule has 1 heterocycles. The Morgan fingerprint density at radius 2 is 2.24 bits per heavy atom. The zero-order valence-corrected chi connectivity index (χ0v) is 9.42. The molecule has 0 fully saturated rings. The molecule has 0 spiro atoms. The fraction of sp³-hybridized carbons (Fsp3) is 0.500. The number of nitrogens with two attached hydrogens (primary N) is 2. The highest BCUT2D eigenvalue weighted by atomic mass is 32.2. The van der Waals surface area contributed by atoms with Crippen molar-refractivity contribution in [2.24, 2.45) is 16.0 Å². The van der Waals surface area contributed by atoms with Gasteiger partial charge in [-0.1, -0.05) is 5.16 Å². The van der Waals surface area contributed by atoms with E-state index in [4.69, 9.17) is 20.8 Å². The molecule has 96 valence electrons. The van der Waals surface area contributed by atoms with Crippen LogP contribution in [0, 0.1) is 0 Å². The molecule has 0 radical (unpaired) electrons. The molecule has 0 saturated carbocycles. The molecular weight excluding hydrogens is 254 g/mol. The van der Waals surface area contributed by atoms with Gasteiger partial charge in [0.2, 0.25) is 15.7 Å². The van der Waals surface area contributed by atoms with E-state index < -0.39 is 10.0 Å². The van der Waals surface area contributed by atoms with Crippen molar-refractivity contribution >= 4 is 15.9 Å². The molecule has 0 amide bonds. The molecule has 1 aromatic heterocycles. The van der Waals surface area contributed by atoms with Crippen molar-refractivity contribution in [3.05, 3.63) is 5.69 Å². The number of primary sulfonamides is 1. The molecule has 10 nitrogen and oxygen atoms in total. The van der Waals surface area contributed by atoms with Crippen molar-refractivity contribution in [3.63, 3.8) is 0 Å². The molecule has 0 aromatic carbocycles. The van der Waals surface area contributed by atoms with Gasteiger partial charge in [-0.25, -0.2) is 18.2 Å². The number of rotatable bonds is 6. The van der Waals surface area contributed by atoms with Gasteiger partial charge in [0.25, 0.3) is 5.88 Å². The third kappa shape index (κ3) is 4.24. The maximum atomic E-state index is 10.6. The van der Waals surface area contributed by atoms with Crippen LogP contribution < -0.4 is 15.6 Å². The third-order valence-corrected chi connectivity index (χ3v) is 2.48. The molecule has 0 aliphatic carbocycles. The molecule has 0 aliphatic heterocycles. The molecule has 0 aliphatic rings. The van der Waals surface area contributed by atoms with Gasteiger partial charge < -0.3 is 15.7 Å². The summed E-state index contributed by atoms with van der Waals surface area (Å²) in [4.78, 5) is 0. The highest BCUT2D eigenvalue weighted by Crippen LogP contribution is 2.12. The molecule has 11 heteroatoms. The number of sulfonamides is 1. The summed E-state index contributed by atoms with van der Waals surface area (Å²) in [6.07, 6.45) is 0.168. The Hall–Kier alpha value is -1.88. The Kier molecular flexibility index (Phi) is 4.23. The van der Waals surface area contributed by atoms with Crippen molar-refractivity contribution in [1.29, 1.82) is 0 Å². The van der Waals surface area contributed by atoms with E-state index in [9.17, 15) is 8.42 Å². The van der Waals surface area contributed by atoms with Crippen LogP contribution >= 0.6 is 0 Å². The summed E-state index contributed by atoms with van der Waals surface area (Å²) in [5.74, 6) is -0.639. The second-order valence-corrected chi connectivity index (χ2v) is 4.71. The molecule has 0 unspecified atom stereocenters. The fourth-order valence-electron chi connectivity index (χ4n) is 0.908. The predicted octanol–water partition coefficient (Wildman–Crippen LogP) is -1.78. The van der Waals surface area contributed by atoms with Crippen LogP contribution in [0.4, 0.5) is 0 Å². The van der Waals surface area contributed by atoms with Gasteiger partial charge in [0, 0.05) is 0 Å². The monoisotopic (exact) mass is 265 g/mol. The van der Waals surface area contributed by atoms with Gasteiger partial charge in [0.1, 0.15) is 0 Å². The Morgan fingerprint density at radius 1 is 1.53 bits per heavy atom. The SMILES string of the molecule is NC(=NO)c1nonc1OCCCS(N)(=O)=O. The van der Waals surface area contributed by atoms with E-state index in [0.29, 0.717) is 0 Å². The van der Waals surface area contributed by atoms with Crippen molar-refractivity contribution in [2.45, 2.75) is 6.42 Å². The molecule has 1 aromatic rings. The normalized spacial score (nSPS) is 12.6. The van der Waals surface area contributed by atoms with E-state index >= 15 is 0 Å². The minimum absolute atomic E-state index is 0.0242. The van der Waals surface area contributed by atoms with Crippen molar-refractivity contribution in [1.82, 2.24) is 10.3 Å². The first-order valence-electron chi connectivity index (χ1n) is 4.38. The van der Waals surface area contributed by atoms with E-state index in [1.165, 1.54) is 0 Å². The van der Waals surface area contributed by atoms with Crippen molar-refractivity contribution in [2.75, 3.05) is 12.4 Å². The second-order valence-electron chi connectivity index (χ2n) is 2.97. The third-order valence-electron chi connectivity index (χ3n) is 1.62. The summed E-state index contributed by atoms with van der Waals surface area (Å²) in [5, 5.41) is 22.6. The lowest BCUT2D eigenvalue weighted by Gasteiger charge is -2.01. The van der Waals surface area contributed by atoms with E-state index in [-0.39, 0.29) is 36.2 Å². The number of ether oxygens (including phenoxy) is 1. The maximum absolute atomic E-state index is 10.6. The van der Waals surface area contributed by atoms with Crippen LogP contribution in [0.15, 0.2) is 9.78 Å². The Balaban J connectivity index is 2.50. The molecular formula is C6H11N5O5S. The number of oxime groups is 1. The van der Waals surface area contributed by atoms with Crippen LogP contribution in [0.25, 0.3) is 0 Å². The van der Waals surface area contributed by atoms with Crippen LogP contribution in [-0.4, -0.2) is 42.1 Å². The topological polar surface area (TPSA) is 167 Å². The average molecular weight is 265 g/mol. The van der Waals surface area contributed by atoms with Gasteiger partial charge >= 0.3 is 0 Å². The maximum Gasteiger partial charge on any atom is 0.287 e. The van der Waals surface area contributed by atoms with E-state index in [1.807, 2.05) is 0 Å². The summed E-state index contributed by atoms with van der Waals surface area (Å²) in [6, 6.07) is 0. The number of aromatic nitrogens is 2. The lowest BCUT2D eigenvalue weighted by atomic mass is 10.4. The predicted molar refractivity (Wildman–Crippen MR) is 54.9 cm³/mol. The van der Waals surface area contributed by atoms with Crippen LogP contribution in [0.2, 0.25) is 0 Å². The first-order valence-corrected chi connectivity index (χ1v) is 6.09. The largest absolute Gasteiger partial charge is 0.474 e. The first-order chi connectivity index (χ1) is 7.94. The molecule has 1 rings (SSSR count). The van der Waals surface area contributed by atoms with Gasteiger partial charge in [0.15, 0.2) is 5.84 Å². The zero-order valence-electron chi connectivity index (χ0n) is 8.61. The van der Waals surface area contributed by atoms with Gasteiger partial charge in [-0.15, -0.1) is 0 Å². The molecule has 0 atom stereocenters. The Labute approximate surface area is 96.2 Å². The minimum atomic E-state index is -3.52. The molecule has 0 saturated heterocycles. The summed E-state index contributed by atoms with van der Waals surface area (Å²) >= 11 is 0. The van der Waals surface area contributed by atoms with Crippen LogP contribution in [-0.2, 0) is 10.0 Å². The number of amidine groups is 1. The smallest absolute Gasteiger partial charge is 0.287 e. The van der Waals surface area contributed by atoms with Gasteiger partial charge in [-0.05, 0) is 16.7 Å². The van der Waals surface area contributed by atoms with E-state index in [0.717, 1.165) is 0 Å². The quantitative estimate of drug-likeness (QED) is 0.178. The summed E-state index contributed by atoms with van der Waals surface area (Å²) in [5.41, 5.74) is 5.19. The van der Waals surface area contributed by atoms with Gasteiger partial charge in [0.05, 0.1) is 12.4 Å². The van der Waals surface area contributed by atoms with Crippen LogP contribution in [0.5, 0.6) is 5.88 Å². The average Bonchev–Trinajstić information content (AvgIpc) is 2.70. The highest BCUT2D eigenvalue weighted by molar-refractivity contribution is 7.89. The lowest BCUT2D eigenvalue weighted by Crippen LogP contribution is -2.19. The number of nitrogens with zero attached hydrogens (tertiary/aromatic N) is 3. The Morgan fingerprint density at radius 3 is 2.82 bits per heavy atom. The van der Waals surface area contributed by atoms with Crippen molar-refractivity contribution < 1.29 is 23.0 Å². The first kappa shape index (κ1) is 13.2. The molecule has 0 bridgehead atoms. The zero-order chi connectivity index (χ0) is 12.9. The lowest BCUT2D eigenvalue weighted by molar-refractivity contribution is 0.255. The summed E-state index contributed by atoms with van der Waals surface area (Å²) in [7, 11) is -3.52. The molecule has 17 heavy (non-hydrogen) atoms. The van der Waals surface area contributed by atoms with Crippen LogP contribution in [0.3, 0.4) is 0 Å². The number of hydrogen-bond acceptors (Lipinski definition) is 8.